The molecule has 6 atom stereocenters. The smallest absolute Gasteiger partial charge is 0.315 e. The summed E-state index contributed by atoms with van der Waals surface area (Å²) in [6.45, 7) is 1.42. The number of aliphatic carboxylic acids is 2. The van der Waals surface area contributed by atoms with Crippen LogP contribution in [0.3, 0.4) is 0 Å². The first-order chi connectivity index (χ1) is 34.5. The number of carbonyl (C=O) groups is 5. The highest BCUT2D eigenvalue weighted by molar-refractivity contribution is 5.97. The number of para-hydroxylation sites is 2. The van der Waals surface area contributed by atoms with E-state index in [9.17, 15) is 34.2 Å². The summed E-state index contributed by atoms with van der Waals surface area (Å²) < 4.78 is 19.1. The summed E-state index contributed by atoms with van der Waals surface area (Å²) in [7, 11) is 0. The van der Waals surface area contributed by atoms with Gasteiger partial charge in [-0.3, -0.25) is 24.0 Å². The summed E-state index contributed by atoms with van der Waals surface area (Å²) in [6.07, 6.45) is 0. The fourth-order valence-corrected chi connectivity index (χ4v) is 10.8. The van der Waals surface area contributed by atoms with Gasteiger partial charge in [0.25, 0.3) is 0 Å². The molecule has 2 fully saturated rings. The summed E-state index contributed by atoms with van der Waals surface area (Å²) in [5.74, 6) is -8.41. The van der Waals surface area contributed by atoms with Gasteiger partial charge in [-0.2, -0.15) is 0 Å². The second kappa shape index (κ2) is 19.6. The van der Waals surface area contributed by atoms with Crippen molar-refractivity contribution in [2.45, 2.75) is 30.6 Å². The number of anilines is 1. The van der Waals surface area contributed by atoms with Gasteiger partial charge in [-0.15, -0.1) is 0 Å². The molecule has 11 heteroatoms. The zero-order valence-electron chi connectivity index (χ0n) is 38.3. The van der Waals surface area contributed by atoms with Crippen LogP contribution < -0.4 is 19.5 Å². The first-order valence-corrected chi connectivity index (χ1v) is 23.4. The highest BCUT2D eigenvalue weighted by Crippen LogP contribution is 2.60. The van der Waals surface area contributed by atoms with Crippen molar-refractivity contribution in [2.75, 3.05) is 5.32 Å². The highest BCUT2D eigenvalue weighted by Gasteiger charge is 2.60. The Kier molecular flexibility index (Phi) is 12.7. The van der Waals surface area contributed by atoms with Crippen molar-refractivity contribution < 1.29 is 48.4 Å². The molecular formula is C60H47NO10. The molecule has 2 aliphatic rings. The van der Waals surface area contributed by atoms with E-state index in [0.717, 1.165) is 16.5 Å². The van der Waals surface area contributed by atoms with Gasteiger partial charge in [0.05, 0.1) is 23.7 Å². The van der Waals surface area contributed by atoms with E-state index in [2.05, 4.69) is 5.32 Å². The third kappa shape index (κ3) is 9.01. The van der Waals surface area contributed by atoms with Gasteiger partial charge in [-0.1, -0.05) is 152 Å². The topological polar surface area (TPSA) is 166 Å². The average molecular weight is 942 g/mol. The maximum atomic E-state index is 14.6. The Bertz CT molecular complexity index is 3260. The lowest BCUT2D eigenvalue weighted by atomic mass is 9.52. The minimum atomic E-state index is -1.06. The van der Waals surface area contributed by atoms with E-state index in [-0.39, 0.29) is 11.7 Å². The van der Waals surface area contributed by atoms with Crippen LogP contribution in [0.2, 0.25) is 0 Å². The van der Waals surface area contributed by atoms with Gasteiger partial charge in [0, 0.05) is 52.8 Å². The molecule has 11 nitrogen and oxygen atoms in total. The van der Waals surface area contributed by atoms with Gasteiger partial charge in [0.15, 0.2) is 0 Å². The van der Waals surface area contributed by atoms with Crippen molar-refractivity contribution in [3.8, 4) is 34.1 Å². The van der Waals surface area contributed by atoms with Crippen LogP contribution >= 0.6 is 0 Å². The molecule has 0 unspecified atom stereocenters. The van der Waals surface area contributed by atoms with Crippen LogP contribution in [0.15, 0.2) is 200 Å². The molecule has 2 aliphatic carbocycles. The standard InChI is InChI=1S/C60H47NO10/c1-35(62)61-41-31-32-43-39(33-41)23-16-30-46(43)70-60(68)56-51(38-21-9-4-10-22-38)54(58(65)66)52(56)40-24-15-25-42(34-40)69-47-28-13-11-26-44(47)45-27-12-14-29-48(45)71-59(67)55-49(36-17-5-2-6-18-36)53(57(63)64)50(55)37-19-7-3-8-20-37/h2-34,49-56H,1H3,(H,61,62)(H,63,64)(H,65,66)/t49-,50-,51-,52-,53-,54+,55-,56+/m0/s1. The van der Waals surface area contributed by atoms with Gasteiger partial charge >= 0.3 is 23.9 Å². The SMILES string of the molecule is CC(=O)Nc1ccc2c(OC(=O)[C@@H]3[C@@H](c4ccccc4)[C@@H](C(=O)O)[C@@H]3c3cccc(Oc4ccccc4-c4ccccc4OC(=O)[C@H]4[C@@H](c5ccccc5)[C@H](C(=O)O)[C@@H]4c4ccccc4)c3)cccc2c1. The number of esters is 2. The first-order valence-electron chi connectivity index (χ1n) is 23.4. The normalized spacial score (nSPS) is 21.1. The number of carboxylic acids is 2. The van der Waals surface area contributed by atoms with Crippen molar-refractivity contribution in [1.82, 2.24) is 0 Å². The molecule has 0 heterocycles. The summed E-state index contributed by atoms with van der Waals surface area (Å²) in [5, 5.41) is 25.5. The van der Waals surface area contributed by atoms with Gasteiger partial charge in [-0.25, -0.2) is 0 Å². The number of ether oxygens (including phenoxy) is 3. The lowest BCUT2D eigenvalue weighted by Crippen LogP contribution is -2.52. The Balaban J connectivity index is 0.952. The zero-order valence-corrected chi connectivity index (χ0v) is 38.3. The Morgan fingerprint density at radius 2 is 0.859 bits per heavy atom. The molecule has 8 aromatic carbocycles. The van der Waals surface area contributed by atoms with Crippen LogP contribution in [0.4, 0.5) is 5.69 Å². The minimum absolute atomic E-state index is 0.219. The summed E-state index contributed by atoms with van der Waals surface area (Å²) in [5.41, 5.74) is 4.47. The molecule has 10 rings (SSSR count). The van der Waals surface area contributed by atoms with E-state index in [0.29, 0.717) is 50.6 Å². The number of carbonyl (C=O) groups excluding carboxylic acids is 3. The largest absolute Gasteiger partial charge is 0.481 e. The molecule has 0 spiro atoms. The van der Waals surface area contributed by atoms with Crippen LogP contribution in [0.25, 0.3) is 21.9 Å². The fraction of sp³-hybridized carbons (Fsp3) is 0.150. The van der Waals surface area contributed by atoms with E-state index in [4.69, 9.17) is 14.2 Å². The Morgan fingerprint density at radius 1 is 0.423 bits per heavy atom. The number of benzene rings is 8. The molecule has 71 heavy (non-hydrogen) atoms. The molecule has 0 aromatic heterocycles. The van der Waals surface area contributed by atoms with Gasteiger partial charge in [0.1, 0.15) is 23.0 Å². The number of hydrogen-bond acceptors (Lipinski definition) is 8. The third-order valence-electron chi connectivity index (χ3n) is 13.9. The molecular weight excluding hydrogens is 895 g/mol. The van der Waals surface area contributed by atoms with Crippen molar-refractivity contribution in [3.05, 3.63) is 222 Å². The van der Waals surface area contributed by atoms with Crippen molar-refractivity contribution >= 4 is 46.2 Å². The molecule has 0 saturated heterocycles. The molecule has 2 saturated carbocycles. The van der Waals surface area contributed by atoms with Crippen LogP contribution in [0.5, 0.6) is 23.0 Å². The predicted octanol–water partition coefficient (Wildman–Crippen LogP) is 11.9. The quantitative estimate of drug-likeness (QED) is 0.0705. The zero-order chi connectivity index (χ0) is 49.2. The van der Waals surface area contributed by atoms with E-state index >= 15 is 0 Å². The maximum Gasteiger partial charge on any atom is 0.315 e. The van der Waals surface area contributed by atoms with E-state index < -0.39 is 71.2 Å². The lowest BCUT2D eigenvalue weighted by molar-refractivity contribution is -0.160. The maximum absolute atomic E-state index is 14.6. The van der Waals surface area contributed by atoms with E-state index in [1.165, 1.54) is 6.92 Å². The number of amides is 1. The molecule has 0 radical (unpaired) electrons. The van der Waals surface area contributed by atoms with Gasteiger partial charge < -0.3 is 29.7 Å². The number of carboxylic acid groups (broad SMARTS) is 2. The number of rotatable bonds is 14. The van der Waals surface area contributed by atoms with Gasteiger partial charge in [-0.05, 0) is 76.2 Å². The molecule has 0 bridgehead atoms. The first kappa shape index (κ1) is 45.9. The summed E-state index contributed by atoms with van der Waals surface area (Å²) >= 11 is 0. The number of hydrogen-bond donors (Lipinski definition) is 3. The van der Waals surface area contributed by atoms with Gasteiger partial charge in [0.2, 0.25) is 5.91 Å². The Morgan fingerprint density at radius 3 is 1.39 bits per heavy atom. The predicted molar refractivity (Wildman–Crippen MR) is 267 cm³/mol. The molecule has 3 N–H and O–H groups in total. The average Bonchev–Trinajstić information content (AvgIpc) is 3.34. The third-order valence-corrected chi connectivity index (χ3v) is 13.9. The molecule has 0 aliphatic heterocycles. The second-order valence-electron chi connectivity index (χ2n) is 18.0. The van der Waals surface area contributed by atoms with Crippen LogP contribution in [-0.2, 0) is 24.0 Å². The van der Waals surface area contributed by atoms with E-state index in [1.54, 1.807) is 72.8 Å². The van der Waals surface area contributed by atoms with Crippen LogP contribution in [0, 0.1) is 23.7 Å². The lowest BCUT2D eigenvalue weighted by Gasteiger charge is -2.49. The highest BCUT2D eigenvalue weighted by atomic mass is 16.5. The van der Waals surface area contributed by atoms with Crippen molar-refractivity contribution in [2.24, 2.45) is 23.7 Å². The number of nitrogens with one attached hydrogen (secondary N) is 1. The second-order valence-corrected chi connectivity index (χ2v) is 18.0. The Labute approximate surface area is 409 Å². The van der Waals surface area contributed by atoms with E-state index in [1.807, 2.05) is 127 Å². The van der Waals surface area contributed by atoms with Crippen molar-refractivity contribution in [1.29, 1.82) is 0 Å². The van der Waals surface area contributed by atoms with Crippen LogP contribution in [-0.4, -0.2) is 40.0 Å². The van der Waals surface area contributed by atoms with Crippen molar-refractivity contribution in [3.63, 3.8) is 0 Å². The number of fused-ring (bicyclic) bond motifs is 1. The molecule has 1 amide bonds. The molecule has 352 valence electrons. The molecule has 8 aromatic rings. The summed E-state index contributed by atoms with van der Waals surface area (Å²) in [4.78, 5) is 67.0. The van der Waals surface area contributed by atoms with Crippen LogP contribution in [0.1, 0.15) is 52.8 Å². The Hall–Kier alpha value is -8.83. The monoisotopic (exact) mass is 941 g/mol. The fourth-order valence-electron chi connectivity index (χ4n) is 10.8. The summed E-state index contributed by atoms with van der Waals surface area (Å²) in [6, 6.07) is 59.5. The minimum Gasteiger partial charge on any atom is -0.481 e.